The third kappa shape index (κ3) is 2.92. The van der Waals surface area contributed by atoms with Crippen LogP contribution in [0.4, 0.5) is 10.8 Å². The Morgan fingerprint density at radius 2 is 1.78 bits per heavy atom. The molecule has 27 heavy (non-hydrogen) atoms. The Labute approximate surface area is 159 Å². The van der Waals surface area contributed by atoms with E-state index in [4.69, 9.17) is 0 Å². The lowest BCUT2D eigenvalue weighted by atomic mass is 10.1. The number of anilines is 2. The number of imide groups is 1. The van der Waals surface area contributed by atoms with Gasteiger partial charge in [-0.2, -0.15) is 0 Å². The number of rotatable bonds is 3. The topological polar surface area (TPSA) is 79.4 Å². The van der Waals surface area contributed by atoms with Crippen molar-refractivity contribution in [3.8, 4) is 0 Å². The number of benzene rings is 2. The standard InChI is InChI=1S/C20H15N3O3S/c1-11-3-5-14(9-12(11)2)23-18(25)15-6-4-13(10-16(15)19(23)26)17(24)22-20-21-7-8-27-20/h3-10H,1-2H3,(H,21,22,24). The van der Waals surface area contributed by atoms with Crippen LogP contribution in [0.5, 0.6) is 0 Å². The molecule has 1 aliphatic heterocycles. The van der Waals surface area contributed by atoms with Crippen LogP contribution >= 0.6 is 11.3 Å². The maximum atomic E-state index is 12.9. The molecule has 0 aliphatic carbocycles. The molecule has 7 heteroatoms. The normalized spacial score (nSPS) is 13.0. The van der Waals surface area contributed by atoms with E-state index in [1.165, 1.54) is 29.5 Å². The van der Waals surface area contributed by atoms with Crippen molar-refractivity contribution in [2.75, 3.05) is 10.2 Å². The smallest absolute Gasteiger partial charge is 0.266 e. The van der Waals surface area contributed by atoms with Gasteiger partial charge in [-0.1, -0.05) is 6.07 Å². The van der Waals surface area contributed by atoms with Crippen LogP contribution in [0.25, 0.3) is 0 Å². The molecule has 1 aromatic heterocycles. The monoisotopic (exact) mass is 377 g/mol. The van der Waals surface area contributed by atoms with Crippen molar-refractivity contribution in [1.82, 2.24) is 4.98 Å². The fourth-order valence-electron chi connectivity index (χ4n) is 2.94. The molecule has 1 aliphatic rings. The molecule has 134 valence electrons. The molecule has 2 heterocycles. The van der Waals surface area contributed by atoms with E-state index in [9.17, 15) is 14.4 Å². The summed E-state index contributed by atoms with van der Waals surface area (Å²) in [6.45, 7) is 3.90. The van der Waals surface area contributed by atoms with E-state index in [1.54, 1.807) is 17.6 Å². The Balaban J connectivity index is 1.67. The largest absolute Gasteiger partial charge is 0.298 e. The van der Waals surface area contributed by atoms with Crippen LogP contribution in [0, 0.1) is 13.8 Å². The Kier molecular flexibility index (Phi) is 4.08. The zero-order valence-corrected chi connectivity index (χ0v) is 15.5. The quantitative estimate of drug-likeness (QED) is 0.704. The number of carbonyl (C=O) groups is 3. The maximum Gasteiger partial charge on any atom is 0.266 e. The van der Waals surface area contributed by atoms with Crippen molar-refractivity contribution in [1.29, 1.82) is 0 Å². The molecule has 0 fully saturated rings. The summed E-state index contributed by atoms with van der Waals surface area (Å²) in [5.74, 6) is -1.19. The molecular weight excluding hydrogens is 362 g/mol. The van der Waals surface area contributed by atoms with Crippen molar-refractivity contribution in [3.05, 3.63) is 75.8 Å². The molecule has 3 aromatic rings. The van der Waals surface area contributed by atoms with Gasteiger partial charge in [-0.05, 0) is 55.3 Å². The van der Waals surface area contributed by atoms with Crippen molar-refractivity contribution in [2.45, 2.75) is 13.8 Å². The van der Waals surface area contributed by atoms with Gasteiger partial charge in [-0.25, -0.2) is 9.88 Å². The second-order valence-corrected chi connectivity index (χ2v) is 7.16. The molecule has 0 unspecified atom stereocenters. The van der Waals surface area contributed by atoms with E-state index in [1.807, 2.05) is 26.0 Å². The third-order valence-electron chi connectivity index (χ3n) is 4.55. The summed E-state index contributed by atoms with van der Waals surface area (Å²) in [4.78, 5) is 43.1. The van der Waals surface area contributed by atoms with Gasteiger partial charge in [0.2, 0.25) is 0 Å². The third-order valence-corrected chi connectivity index (χ3v) is 5.24. The average Bonchev–Trinajstić information content (AvgIpc) is 3.24. The van der Waals surface area contributed by atoms with Crippen molar-refractivity contribution >= 4 is 39.9 Å². The number of thiazole rings is 1. The van der Waals surface area contributed by atoms with Gasteiger partial charge in [0.25, 0.3) is 17.7 Å². The summed E-state index contributed by atoms with van der Waals surface area (Å²) in [5, 5.41) is 4.89. The number of hydrogen-bond donors (Lipinski definition) is 1. The zero-order chi connectivity index (χ0) is 19.1. The van der Waals surface area contributed by atoms with Gasteiger partial charge >= 0.3 is 0 Å². The first-order valence-electron chi connectivity index (χ1n) is 8.26. The first-order chi connectivity index (χ1) is 13.0. The molecule has 0 radical (unpaired) electrons. The zero-order valence-electron chi connectivity index (χ0n) is 14.6. The molecule has 0 bridgehead atoms. The molecule has 0 saturated carbocycles. The van der Waals surface area contributed by atoms with Crippen LogP contribution in [0.1, 0.15) is 42.2 Å². The van der Waals surface area contributed by atoms with Gasteiger partial charge in [0, 0.05) is 17.1 Å². The van der Waals surface area contributed by atoms with Crippen molar-refractivity contribution < 1.29 is 14.4 Å². The predicted molar refractivity (Wildman–Crippen MR) is 104 cm³/mol. The van der Waals surface area contributed by atoms with E-state index in [0.717, 1.165) is 16.0 Å². The number of aryl methyl sites for hydroxylation is 2. The number of carbonyl (C=O) groups excluding carboxylic acids is 3. The van der Waals surface area contributed by atoms with Crippen LogP contribution in [0.3, 0.4) is 0 Å². The summed E-state index contributed by atoms with van der Waals surface area (Å²) in [5.41, 5.74) is 3.42. The van der Waals surface area contributed by atoms with E-state index in [-0.39, 0.29) is 17.4 Å². The number of hydrogen-bond acceptors (Lipinski definition) is 5. The number of nitrogens with zero attached hydrogens (tertiary/aromatic N) is 2. The Hall–Kier alpha value is -3.32. The minimum absolute atomic E-state index is 0.227. The Bertz CT molecular complexity index is 1090. The van der Waals surface area contributed by atoms with Crippen LogP contribution in [0.2, 0.25) is 0 Å². The van der Waals surface area contributed by atoms with Crippen molar-refractivity contribution in [2.24, 2.45) is 0 Å². The highest BCUT2D eigenvalue weighted by Gasteiger charge is 2.37. The minimum atomic E-state index is -0.429. The Morgan fingerprint density at radius 1 is 1.00 bits per heavy atom. The first-order valence-corrected chi connectivity index (χ1v) is 9.14. The highest BCUT2D eigenvalue weighted by Crippen LogP contribution is 2.30. The van der Waals surface area contributed by atoms with E-state index < -0.39 is 5.91 Å². The van der Waals surface area contributed by atoms with Crippen LogP contribution < -0.4 is 10.2 Å². The van der Waals surface area contributed by atoms with Crippen LogP contribution in [-0.4, -0.2) is 22.7 Å². The SMILES string of the molecule is Cc1ccc(N2C(=O)c3ccc(C(=O)Nc4nccs4)cc3C2=O)cc1C. The fourth-order valence-corrected chi connectivity index (χ4v) is 3.46. The number of nitrogens with one attached hydrogen (secondary N) is 1. The highest BCUT2D eigenvalue weighted by atomic mass is 32.1. The van der Waals surface area contributed by atoms with Gasteiger partial charge < -0.3 is 0 Å². The molecule has 6 nitrogen and oxygen atoms in total. The summed E-state index contributed by atoms with van der Waals surface area (Å²) in [6.07, 6.45) is 1.59. The summed E-state index contributed by atoms with van der Waals surface area (Å²) >= 11 is 1.30. The van der Waals surface area contributed by atoms with Gasteiger partial charge in [-0.3, -0.25) is 19.7 Å². The average molecular weight is 377 g/mol. The van der Waals surface area contributed by atoms with Gasteiger partial charge in [0.15, 0.2) is 5.13 Å². The molecular formula is C20H15N3O3S. The lowest BCUT2D eigenvalue weighted by molar-refractivity contribution is 0.0925. The fraction of sp³-hybridized carbons (Fsp3) is 0.100. The van der Waals surface area contributed by atoms with E-state index in [0.29, 0.717) is 21.9 Å². The number of aromatic nitrogens is 1. The predicted octanol–water partition coefficient (Wildman–Crippen LogP) is 3.81. The summed E-state index contributed by atoms with van der Waals surface area (Å²) in [6, 6.07) is 9.96. The maximum absolute atomic E-state index is 12.9. The highest BCUT2D eigenvalue weighted by molar-refractivity contribution is 7.13. The van der Waals surface area contributed by atoms with Gasteiger partial charge in [-0.15, -0.1) is 11.3 Å². The number of amides is 3. The molecule has 4 rings (SSSR count). The first kappa shape index (κ1) is 17.1. The lowest BCUT2D eigenvalue weighted by Crippen LogP contribution is -2.29. The molecule has 2 aromatic carbocycles. The summed E-state index contributed by atoms with van der Waals surface area (Å²) in [7, 11) is 0. The molecule has 0 spiro atoms. The van der Waals surface area contributed by atoms with Gasteiger partial charge in [0.05, 0.1) is 16.8 Å². The Morgan fingerprint density at radius 3 is 2.48 bits per heavy atom. The number of fused-ring (bicyclic) bond motifs is 1. The van der Waals surface area contributed by atoms with E-state index in [2.05, 4.69) is 10.3 Å². The van der Waals surface area contributed by atoms with Crippen LogP contribution in [-0.2, 0) is 0 Å². The summed E-state index contributed by atoms with van der Waals surface area (Å²) < 4.78 is 0. The van der Waals surface area contributed by atoms with Crippen molar-refractivity contribution in [3.63, 3.8) is 0 Å². The molecule has 3 amide bonds. The van der Waals surface area contributed by atoms with E-state index >= 15 is 0 Å². The lowest BCUT2D eigenvalue weighted by Gasteiger charge is -2.15. The minimum Gasteiger partial charge on any atom is -0.298 e. The van der Waals surface area contributed by atoms with Crippen LogP contribution in [0.15, 0.2) is 48.0 Å². The van der Waals surface area contributed by atoms with Gasteiger partial charge in [0.1, 0.15) is 0 Å². The molecule has 1 N–H and O–H groups in total. The second kappa shape index (κ2) is 6.44. The second-order valence-electron chi connectivity index (χ2n) is 6.27. The molecule has 0 saturated heterocycles. The molecule has 0 atom stereocenters.